The van der Waals surface area contributed by atoms with E-state index in [0.29, 0.717) is 17.9 Å². The Morgan fingerprint density at radius 3 is 2.94 bits per heavy atom. The number of hydrogen-bond acceptors (Lipinski definition) is 4. The number of nitrogens with two attached hydrogens (primary N) is 1. The summed E-state index contributed by atoms with van der Waals surface area (Å²) >= 11 is 1.63. The standard InChI is InChI=1S/C11H14N4OS/c1-7-3-4-17-9(7)6-13-11(16)10-8(12)5-14-15(10)2/h3-5H,6,12H2,1-2H3,(H,13,16). The molecule has 2 heterocycles. The first-order valence-corrected chi connectivity index (χ1v) is 6.06. The maximum atomic E-state index is 11.9. The first kappa shape index (κ1) is 11.7. The van der Waals surface area contributed by atoms with Crippen LogP contribution in [0.1, 0.15) is 20.9 Å². The highest BCUT2D eigenvalue weighted by molar-refractivity contribution is 7.10. The summed E-state index contributed by atoms with van der Waals surface area (Å²) in [6.45, 7) is 2.55. The number of aromatic nitrogens is 2. The Kier molecular flexibility index (Phi) is 3.14. The van der Waals surface area contributed by atoms with Gasteiger partial charge in [-0.2, -0.15) is 5.10 Å². The second-order valence-electron chi connectivity index (χ2n) is 3.78. The Bertz CT molecular complexity index is 524. The SMILES string of the molecule is Cc1ccsc1CNC(=O)c1c(N)cnn1C. The molecule has 0 atom stereocenters. The van der Waals surface area contributed by atoms with Crippen molar-refractivity contribution in [2.24, 2.45) is 7.05 Å². The number of anilines is 1. The van der Waals surface area contributed by atoms with E-state index in [4.69, 9.17) is 5.73 Å². The molecule has 0 radical (unpaired) electrons. The van der Waals surface area contributed by atoms with Crippen molar-refractivity contribution in [2.45, 2.75) is 13.5 Å². The van der Waals surface area contributed by atoms with Gasteiger partial charge >= 0.3 is 0 Å². The maximum absolute atomic E-state index is 11.9. The number of nitrogen functional groups attached to an aromatic ring is 1. The van der Waals surface area contributed by atoms with Gasteiger partial charge in [-0.3, -0.25) is 9.48 Å². The molecule has 2 aromatic rings. The zero-order valence-corrected chi connectivity index (χ0v) is 10.5. The average molecular weight is 250 g/mol. The van der Waals surface area contributed by atoms with Gasteiger partial charge in [0, 0.05) is 11.9 Å². The van der Waals surface area contributed by atoms with Crippen molar-refractivity contribution in [3.8, 4) is 0 Å². The highest BCUT2D eigenvalue weighted by atomic mass is 32.1. The molecule has 0 bridgehead atoms. The number of hydrogen-bond donors (Lipinski definition) is 2. The Morgan fingerprint density at radius 1 is 1.65 bits per heavy atom. The van der Waals surface area contributed by atoms with E-state index in [-0.39, 0.29) is 5.91 Å². The Labute approximate surface area is 103 Å². The van der Waals surface area contributed by atoms with Gasteiger partial charge in [-0.15, -0.1) is 11.3 Å². The summed E-state index contributed by atoms with van der Waals surface area (Å²) < 4.78 is 1.48. The predicted octanol–water partition coefficient (Wildman–Crippen LogP) is 1.30. The largest absolute Gasteiger partial charge is 0.396 e. The molecule has 0 saturated carbocycles. The van der Waals surface area contributed by atoms with Crippen LogP contribution in [0.15, 0.2) is 17.6 Å². The Balaban J connectivity index is 2.06. The number of aryl methyl sites for hydroxylation is 2. The van der Waals surface area contributed by atoms with E-state index in [1.54, 1.807) is 18.4 Å². The molecule has 1 amide bonds. The minimum absolute atomic E-state index is 0.199. The molecule has 0 unspecified atom stereocenters. The van der Waals surface area contributed by atoms with Crippen LogP contribution in [0.5, 0.6) is 0 Å². The Morgan fingerprint density at radius 2 is 2.41 bits per heavy atom. The van der Waals surface area contributed by atoms with Crippen LogP contribution in [0.2, 0.25) is 0 Å². The topological polar surface area (TPSA) is 72.9 Å². The van der Waals surface area contributed by atoms with E-state index < -0.39 is 0 Å². The summed E-state index contributed by atoms with van der Waals surface area (Å²) in [4.78, 5) is 13.1. The number of nitrogens with one attached hydrogen (secondary N) is 1. The number of carbonyl (C=O) groups excluding carboxylic acids is 1. The smallest absolute Gasteiger partial charge is 0.271 e. The summed E-state index contributed by atoms with van der Waals surface area (Å²) in [5, 5.41) is 8.78. The lowest BCUT2D eigenvalue weighted by molar-refractivity contribution is 0.0943. The van der Waals surface area contributed by atoms with Gasteiger partial charge in [-0.05, 0) is 23.9 Å². The maximum Gasteiger partial charge on any atom is 0.271 e. The first-order chi connectivity index (χ1) is 8.09. The van der Waals surface area contributed by atoms with Crippen molar-refractivity contribution in [3.05, 3.63) is 33.8 Å². The molecule has 2 rings (SSSR count). The third-order valence-corrected chi connectivity index (χ3v) is 3.58. The van der Waals surface area contributed by atoms with Crippen LogP contribution in [0.4, 0.5) is 5.69 Å². The van der Waals surface area contributed by atoms with E-state index in [9.17, 15) is 4.79 Å². The molecule has 0 aliphatic heterocycles. The van der Waals surface area contributed by atoms with Gasteiger partial charge in [-0.1, -0.05) is 0 Å². The molecule has 0 aromatic carbocycles. The van der Waals surface area contributed by atoms with Crippen LogP contribution >= 0.6 is 11.3 Å². The van der Waals surface area contributed by atoms with Crippen LogP contribution in [-0.2, 0) is 13.6 Å². The van der Waals surface area contributed by atoms with Crippen LogP contribution in [-0.4, -0.2) is 15.7 Å². The molecule has 17 heavy (non-hydrogen) atoms. The lowest BCUT2D eigenvalue weighted by atomic mass is 10.3. The fourth-order valence-corrected chi connectivity index (χ4v) is 2.41. The van der Waals surface area contributed by atoms with E-state index in [0.717, 1.165) is 4.88 Å². The highest BCUT2D eigenvalue weighted by Gasteiger charge is 2.14. The fraction of sp³-hybridized carbons (Fsp3) is 0.273. The summed E-state index contributed by atoms with van der Waals surface area (Å²) in [5.74, 6) is -0.199. The molecular weight excluding hydrogens is 236 g/mol. The summed E-state index contributed by atoms with van der Waals surface area (Å²) in [6, 6.07) is 2.03. The molecule has 0 aliphatic carbocycles. The van der Waals surface area contributed by atoms with E-state index in [2.05, 4.69) is 10.4 Å². The molecule has 3 N–H and O–H groups in total. The number of thiophene rings is 1. The molecule has 5 nitrogen and oxygen atoms in total. The molecule has 0 fully saturated rings. The van der Waals surface area contributed by atoms with Crippen molar-refractivity contribution in [2.75, 3.05) is 5.73 Å². The molecule has 0 spiro atoms. The van der Waals surface area contributed by atoms with Gasteiger partial charge < -0.3 is 11.1 Å². The van der Waals surface area contributed by atoms with Gasteiger partial charge in [0.25, 0.3) is 5.91 Å². The molecule has 0 aliphatic rings. The van der Waals surface area contributed by atoms with Crippen molar-refractivity contribution in [1.82, 2.24) is 15.1 Å². The molecule has 0 saturated heterocycles. The predicted molar refractivity (Wildman–Crippen MR) is 67.8 cm³/mol. The van der Waals surface area contributed by atoms with Gasteiger partial charge in [0.15, 0.2) is 0 Å². The van der Waals surface area contributed by atoms with Crippen LogP contribution in [0.25, 0.3) is 0 Å². The van der Waals surface area contributed by atoms with E-state index >= 15 is 0 Å². The van der Waals surface area contributed by atoms with Crippen molar-refractivity contribution >= 4 is 22.9 Å². The van der Waals surface area contributed by atoms with E-state index in [1.807, 2.05) is 18.4 Å². The fourth-order valence-electron chi connectivity index (χ4n) is 1.56. The monoisotopic (exact) mass is 250 g/mol. The lowest BCUT2D eigenvalue weighted by Gasteiger charge is -2.05. The number of rotatable bonds is 3. The number of nitrogens with zero attached hydrogens (tertiary/aromatic N) is 2. The summed E-state index contributed by atoms with van der Waals surface area (Å²) in [5.41, 5.74) is 7.67. The first-order valence-electron chi connectivity index (χ1n) is 5.18. The molecular formula is C11H14N4OS. The van der Waals surface area contributed by atoms with Gasteiger partial charge in [0.2, 0.25) is 0 Å². The van der Waals surface area contributed by atoms with Crippen LogP contribution in [0, 0.1) is 6.92 Å². The second kappa shape index (κ2) is 4.58. The van der Waals surface area contributed by atoms with Crippen molar-refractivity contribution in [3.63, 3.8) is 0 Å². The lowest BCUT2D eigenvalue weighted by Crippen LogP contribution is -2.25. The number of carbonyl (C=O) groups is 1. The minimum atomic E-state index is -0.199. The quantitative estimate of drug-likeness (QED) is 0.862. The molecule has 6 heteroatoms. The van der Waals surface area contributed by atoms with Crippen molar-refractivity contribution < 1.29 is 4.79 Å². The van der Waals surface area contributed by atoms with Crippen LogP contribution in [0.3, 0.4) is 0 Å². The van der Waals surface area contributed by atoms with Crippen molar-refractivity contribution in [1.29, 1.82) is 0 Å². The molecule has 2 aromatic heterocycles. The zero-order valence-electron chi connectivity index (χ0n) is 9.73. The normalized spacial score (nSPS) is 10.5. The molecule has 90 valence electrons. The summed E-state index contributed by atoms with van der Waals surface area (Å²) in [6.07, 6.45) is 1.48. The Hall–Kier alpha value is -1.82. The van der Waals surface area contributed by atoms with Gasteiger partial charge in [0.05, 0.1) is 18.4 Å². The minimum Gasteiger partial charge on any atom is -0.396 e. The third-order valence-electron chi connectivity index (χ3n) is 2.56. The van der Waals surface area contributed by atoms with Gasteiger partial charge in [0.1, 0.15) is 5.69 Å². The second-order valence-corrected chi connectivity index (χ2v) is 4.78. The highest BCUT2D eigenvalue weighted by Crippen LogP contribution is 2.15. The average Bonchev–Trinajstić information content (AvgIpc) is 2.83. The summed E-state index contributed by atoms with van der Waals surface area (Å²) in [7, 11) is 1.70. The van der Waals surface area contributed by atoms with Crippen LogP contribution < -0.4 is 11.1 Å². The van der Waals surface area contributed by atoms with E-state index in [1.165, 1.54) is 16.4 Å². The third kappa shape index (κ3) is 2.31. The zero-order chi connectivity index (χ0) is 12.4. The van der Waals surface area contributed by atoms with Gasteiger partial charge in [-0.25, -0.2) is 0 Å². The number of amides is 1.